The number of aliphatic hydroxyl groups is 4. The van der Waals surface area contributed by atoms with Gasteiger partial charge in [-0.1, -0.05) is 0 Å². The zero-order valence-electron chi connectivity index (χ0n) is 6.63. The lowest BCUT2D eigenvalue weighted by Gasteiger charge is -2.20. The maximum absolute atomic E-state index is 9.09. The van der Waals surface area contributed by atoms with Crippen LogP contribution in [0, 0.1) is 0 Å². The van der Waals surface area contributed by atoms with E-state index in [9.17, 15) is 0 Å². The van der Waals surface area contributed by atoms with Crippen LogP contribution >= 0.6 is 0 Å². The fourth-order valence-electron chi connectivity index (χ4n) is 0.724. The van der Waals surface area contributed by atoms with E-state index in [-0.39, 0.29) is 13.0 Å². The van der Waals surface area contributed by atoms with Crippen molar-refractivity contribution >= 4 is 0 Å². The first-order valence-corrected chi connectivity index (χ1v) is 3.60. The van der Waals surface area contributed by atoms with E-state index < -0.39 is 24.9 Å². The number of rotatable bonds is 6. The summed E-state index contributed by atoms with van der Waals surface area (Å²) < 4.78 is 0. The molecule has 6 nitrogen and oxygen atoms in total. The first-order valence-electron chi connectivity index (χ1n) is 3.60. The van der Waals surface area contributed by atoms with Crippen molar-refractivity contribution in [2.75, 3.05) is 13.2 Å². The second kappa shape index (κ2) is 6.30. The van der Waals surface area contributed by atoms with E-state index >= 15 is 0 Å². The topological polar surface area (TPSA) is 116 Å². The van der Waals surface area contributed by atoms with Gasteiger partial charge < -0.3 is 25.3 Å². The molecule has 0 aromatic carbocycles. The molecule has 0 saturated heterocycles. The molecule has 0 heterocycles. The minimum absolute atomic E-state index is 0.0797. The van der Waals surface area contributed by atoms with Gasteiger partial charge in [-0.2, -0.15) is 0 Å². The summed E-state index contributed by atoms with van der Waals surface area (Å²) in [6.45, 7) is -0.516. The fourth-order valence-corrected chi connectivity index (χ4v) is 0.724. The molecule has 12 heavy (non-hydrogen) atoms. The predicted molar refractivity (Wildman–Crippen MR) is 39.9 cm³/mol. The molecule has 0 bridgehead atoms. The van der Waals surface area contributed by atoms with Crippen molar-refractivity contribution < 1.29 is 25.3 Å². The average Bonchev–Trinajstić information content (AvgIpc) is 2.11. The molecule has 74 valence electrons. The molecule has 6 heteroatoms. The number of hydrogen-bond donors (Lipinski definition) is 5. The molecule has 0 aliphatic heterocycles. The zero-order chi connectivity index (χ0) is 9.56. The maximum atomic E-state index is 9.09. The molecule has 0 aromatic rings. The minimum Gasteiger partial charge on any atom is -0.394 e. The largest absolute Gasteiger partial charge is 0.394 e. The van der Waals surface area contributed by atoms with Crippen LogP contribution in [0.25, 0.3) is 0 Å². The van der Waals surface area contributed by atoms with Gasteiger partial charge in [0.15, 0.2) is 0 Å². The van der Waals surface area contributed by atoms with Gasteiger partial charge in [-0.3, -0.25) is 0 Å². The van der Waals surface area contributed by atoms with Crippen LogP contribution in [0.2, 0.25) is 0 Å². The SMILES string of the molecule is NOCC[C@@H](O)[C@@H](O)[C@H](O)CO. The monoisotopic (exact) mass is 181 g/mol. The van der Waals surface area contributed by atoms with Gasteiger partial charge in [0.05, 0.1) is 19.3 Å². The third-order valence-corrected chi connectivity index (χ3v) is 1.51. The van der Waals surface area contributed by atoms with Crippen molar-refractivity contribution in [1.29, 1.82) is 0 Å². The molecule has 0 aromatic heterocycles. The smallest absolute Gasteiger partial charge is 0.108 e. The summed E-state index contributed by atoms with van der Waals surface area (Å²) in [5.41, 5.74) is 0. The minimum atomic E-state index is -1.37. The number of aliphatic hydroxyl groups excluding tert-OH is 4. The molecule has 0 aliphatic rings. The Kier molecular flexibility index (Phi) is 6.17. The fraction of sp³-hybridized carbons (Fsp3) is 1.00. The van der Waals surface area contributed by atoms with Gasteiger partial charge >= 0.3 is 0 Å². The molecule has 0 spiro atoms. The Morgan fingerprint density at radius 2 is 1.75 bits per heavy atom. The van der Waals surface area contributed by atoms with E-state index in [1.54, 1.807) is 0 Å². The van der Waals surface area contributed by atoms with Gasteiger partial charge in [-0.05, 0) is 0 Å². The third kappa shape index (κ3) is 3.96. The van der Waals surface area contributed by atoms with E-state index in [2.05, 4.69) is 10.7 Å². The quantitative estimate of drug-likeness (QED) is 0.286. The van der Waals surface area contributed by atoms with Crippen molar-refractivity contribution in [3.63, 3.8) is 0 Å². The van der Waals surface area contributed by atoms with Crippen molar-refractivity contribution in [3.05, 3.63) is 0 Å². The lowest BCUT2D eigenvalue weighted by molar-refractivity contribution is -0.0840. The summed E-state index contributed by atoms with van der Waals surface area (Å²) in [4.78, 5) is 4.16. The lowest BCUT2D eigenvalue weighted by atomic mass is 10.1. The standard InChI is InChI=1S/C6H15NO5/c7-12-2-1-4(9)6(11)5(10)3-8/h4-6,8-11H,1-3,7H2/t4-,5-,6-/m1/s1. The van der Waals surface area contributed by atoms with E-state index in [4.69, 9.17) is 20.4 Å². The second-order valence-corrected chi connectivity index (χ2v) is 2.47. The maximum Gasteiger partial charge on any atom is 0.108 e. The third-order valence-electron chi connectivity index (χ3n) is 1.51. The highest BCUT2D eigenvalue weighted by atomic mass is 16.6. The van der Waals surface area contributed by atoms with E-state index in [1.807, 2.05) is 0 Å². The van der Waals surface area contributed by atoms with Gasteiger partial charge in [0.25, 0.3) is 0 Å². The molecule has 0 amide bonds. The van der Waals surface area contributed by atoms with Crippen molar-refractivity contribution in [3.8, 4) is 0 Å². The Labute approximate surface area is 70.1 Å². The van der Waals surface area contributed by atoms with Crippen molar-refractivity contribution in [2.24, 2.45) is 5.90 Å². The van der Waals surface area contributed by atoms with Crippen LogP contribution in [0.5, 0.6) is 0 Å². The van der Waals surface area contributed by atoms with Crippen molar-refractivity contribution in [2.45, 2.75) is 24.7 Å². The van der Waals surface area contributed by atoms with E-state index in [0.717, 1.165) is 0 Å². The molecule has 0 radical (unpaired) electrons. The average molecular weight is 181 g/mol. The second-order valence-electron chi connectivity index (χ2n) is 2.47. The number of hydrogen-bond acceptors (Lipinski definition) is 6. The molecular formula is C6H15NO5. The van der Waals surface area contributed by atoms with E-state index in [1.165, 1.54) is 0 Å². The summed E-state index contributed by atoms with van der Waals surface area (Å²) in [5.74, 6) is 4.68. The molecule has 0 fully saturated rings. The molecule has 0 saturated carbocycles. The summed E-state index contributed by atoms with van der Waals surface area (Å²) in [6.07, 6.45) is -3.74. The van der Waals surface area contributed by atoms with Crippen LogP contribution < -0.4 is 5.90 Å². The van der Waals surface area contributed by atoms with Crippen LogP contribution in [-0.4, -0.2) is 52.0 Å². The van der Waals surface area contributed by atoms with Crippen LogP contribution in [0.4, 0.5) is 0 Å². The highest BCUT2D eigenvalue weighted by molar-refractivity contribution is 4.74. The van der Waals surface area contributed by atoms with Crippen LogP contribution in [0.15, 0.2) is 0 Å². The summed E-state index contributed by atoms with van der Waals surface area (Å²) in [5, 5.41) is 35.4. The summed E-state index contributed by atoms with van der Waals surface area (Å²) in [6, 6.07) is 0. The van der Waals surface area contributed by atoms with Gasteiger partial charge in [0, 0.05) is 6.42 Å². The van der Waals surface area contributed by atoms with Gasteiger partial charge in [0.1, 0.15) is 12.2 Å². The Bertz CT molecular complexity index is 112. The Balaban J connectivity index is 3.67. The first-order chi connectivity index (χ1) is 5.63. The zero-order valence-corrected chi connectivity index (χ0v) is 6.63. The lowest BCUT2D eigenvalue weighted by Crippen LogP contribution is -2.40. The highest BCUT2D eigenvalue weighted by Gasteiger charge is 2.23. The summed E-state index contributed by atoms with van der Waals surface area (Å²) >= 11 is 0. The Morgan fingerprint density at radius 1 is 1.17 bits per heavy atom. The molecular weight excluding hydrogens is 166 g/mol. The van der Waals surface area contributed by atoms with E-state index in [0.29, 0.717) is 0 Å². The molecule has 0 aliphatic carbocycles. The van der Waals surface area contributed by atoms with Crippen LogP contribution in [0.1, 0.15) is 6.42 Å². The van der Waals surface area contributed by atoms with Crippen molar-refractivity contribution in [1.82, 2.24) is 0 Å². The van der Waals surface area contributed by atoms with Gasteiger partial charge in [-0.15, -0.1) is 0 Å². The molecule has 0 rings (SSSR count). The normalized spacial score (nSPS) is 18.8. The Hall–Kier alpha value is -0.240. The number of nitrogens with two attached hydrogens (primary N) is 1. The van der Waals surface area contributed by atoms with Crippen LogP contribution in [0.3, 0.4) is 0 Å². The predicted octanol–water partition coefficient (Wildman–Crippen LogP) is -2.66. The van der Waals surface area contributed by atoms with Gasteiger partial charge in [0.2, 0.25) is 0 Å². The molecule has 0 unspecified atom stereocenters. The molecule has 3 atom stereocenters. The summed E-state index contributed by atoms with van der Waals surface area (Å²) in [7, 11) is 0. The highest BCUT2D eigenvalue weighted by Crippen LogP contribution is 2.03. The van der Waals surface area contributed by atoms with Crippen LogP contribution in [-0.2, 0) is 4.84 Å². The Morgan fingerprint density at radius 3 is 2.17 bits per heavy atom. The van der Waals surface area contributed by atoms with Gasteiger partial charge in [-0.25, -0.2) is 5.90 Å². The first kappa shape index (κ1) is 11.8. The molecule has 6 N–H and O–H groups in total.